The molecule has 5 heteroatoms. The summed E-state index contributed by atoms with van der Waals surface area (Å²) in [6.45, 7) is 9.40. The SMILES string of the molecule is CC(C)(C)OC(=O)N1C=C[C@@](C)(C(=O)N2CCCC2)C1. The average Bonchev–Trinajstić information content (AvgIpc) is 2.95. The van der Waals surface area contributed by atoms with Crippen LogP contribution in [-0.2, 0) is 9.53 Å². The minimum atomic E-state index is -0.624. The molecule has 5 nitrogen and oxygen atoms in total. The summed E-state index contributed by atoms with van der Waals surface area (Å²) in [5.74, 6) is 0.109. The fourth-order valence-corrected chi connectivity index (χ4v) is 2.58. The normalized spacial score (nSPS) is 26.2. The van der Waals surface area contributed by atoms with Crippen molar-refractivity contribution in [2.24, 2.45) is 5.41 Å². The van der Waals surface area contributed by atoms with Crippen LogP contribution in [0.5, 0.6) is 0 Å². The Labute approximate surface area is 120 Å². The van der Waals surface area contributed by atoms with Gasteiger partial charge in [-0.1, -0.05) is 6.08 Å². The summed E-state index contributed by atoms with van der Waals surface area (Å²) in [5, 5.41) is 0. The molecule has 112 valence electrons. The topological polar surface area (TPSA) is 49.9 Å². The quantitative estimate of drug-likeness (QED) is 0.741. The number of hydrogen-bond donors (Lipinski definition) is 0. The number of carbonyl (C=O) groups excluding carboxylic acids is 2. The first-order chi connectivity index (χ1) is 9.21. The molecule has 2 rings (SSSR count). The van der Waals surface area contributed by atoms with Crippen LogP contribution in [0.2, 0.25) is 0 Å². The molecule has 0 unspecified atom stereocenters. The van der Waals surface area contributed by atoms with Crippen molar-refractivity contribution >= 4 is 12.0 Å². The summed E-state index contributed by atoms with van der Waals surface area (Å²) in [6, 6.07) is 0. The molecule has 2 amide bonds. The second kappa shape index (κ2) is 5.11. The van der Waals surface area contributed by atoms with Crippen molar-refractivity contribution in [2.75, 3.05) is 19.6 Å². The van der Waals surface area contributed by atoms with Crippen LogP contribution in [0.1, 0.15) is 40.5 Å². The summed E-state index contributed by atoms with van der Waals surface area (Å²) in [7, 11) is 0. The van der Waals surface area contributed by atoms with Gasteiger partial charge in [0.1, 0.15) is 5.60 Å². The van der Waals surface area contributed by atoms with E-state index in [2.05, 4.69) is 0 Å². The zero-order valence-corrected chi connectivity index (χ0v) is 12.8. The van der Waals surface area contributed by atoms with Crippen molar-refractivity contribution in [3.05, 3.63) is 12.3 Å². The molecule has 0 aromatic rings. The molecule has 1 fully saturated rings. The fraction of sp³-hybridized carbons (Fsp3) is 0.733. The molecule has 0 radical (unpaired) electrons. The number of likely N-dealkylation sites (tertiary alicyclic amines) is 1. The molecule has 0 spiro atoms. The number of nitrogens with zero attached hydrogens (tertiary/aromatic N) is 2. The smallest absolute Gasteiger partial charge is 0.414 e. The van der Waals surface area contributed by atoms with Gasteiger partial charge in [0, 0.05) is 25.8 Å². The van der Waals surface area contributed by atoms with Gasteiger partial charge in [-0.2, -0.15) is 0 Å². The molecule has 0 saturated carbocycles. The summed E-state index contributed by atoms with van der Waals surface area (Å²) in [6.07, 6.45) is 5.23. The summed E-state index contributed by atoms with van der Waals surface area (Å²) in [5.41, 5.74) is -1.15. The first kappa shape index (κ1) is 14.9. The van der Waals surface area contributed by atoms with Gasteiger partial charge in [0.2, 0.25) is 5.91 Å². The van der Waals surface area contributed by atoms with Crippen LogP contribution in [0.15, 0.2) is 12.3 Å². The number of ether oxygens (including phenoxy) is 1. The Bertz CT molecular complexity index is 433. The van der Waals surface area contributed by atoms with E-state index in [4.69, 9.17) is 4.74 Å². The highest BCUT2D eigenvalue weighted by atomic mass is 16.6. The maximum absolute atomic E-state index is 12.5. The van der Waals surface area contributed by atoms with E-state index in [-0.39, 0.29) is 5.91 Å². The molecule has 0 bridgehead atoms. The molecular weight excluding hydrogens is 256 g/mol. The third kappa shape index (κ3) is 3.14. The van der Waals surface area contributed by atoms with Gasteiger partial charge in [0.15, 0.2) is 0 Å². The Morgan fingerprint density at radius 1 is 1.20 bits per heavy atom. The summed E-state index contributed by atoms with van der Waals surface area (Å²) < 4.78 is 5.33. The molecule has 1 atom stereocenters. The van der Waals surface area contributed by atoms with Crippen LogP contribution < -0.4 is 0 Å². The Kier molecular flexibility index (Phi) is 3.80. The van der Waals surface area contributed by atoms with Gasteiger partial charge in [-0.25, -0.2) is 4.79 Å². The lowest BCUT2D eigenvalue weighted by molar-refractivity contribution is -0.137. The van der Waals surface area contributed by atoms with Crippen molar-refractivity contribution in [3.63, 3.8) is 0 Å². The largest absolute Gasteiger partial charge is 0.443 e. The molecule has 1 saturated heterocycles. The second-order valence-corrected chi connectivity index (χ2v) is 6.84. The zero-order chi connectivity index (χ0) is 15.0. The van der Waals surface area contributed by atoms with Crippen molar-refractivity contribution in [3.8, 4) is 0 Å². The van der Waals surface area contributed by atoms with Crippen LogP contribution in [0.3, 0.4) is 0 Å². The van der Waals surface area contributed by atoms with Crippen molar-refractivity contribution < 1.29 is 14.3 Å². The number of hydrogen-bond acceptors (Lipinski definition) is 3. The van der Waals surface area contributed by atoms with Crippen LogP contribution >= 0.6 is 0 Å². The highest BCUT2D eigenvalue weighted by Gasteiger charge is 2.42. The second-order valence-electron chi connectivity index (χ2n) is 6.84. The highest BCUT2D eigenvalue weighted by Crippen LogP contribution is 2.31. The van der Waals surface area contributed by atoms with Gasteiger partial charge in [-0.05, 0) is 40.5 Å². The van der Waals surface area contributed by atoms with E-state index in [0.29, 0.717) is 6.54 Å². The van der Waals surface area contributed by atoms with Crippen LogP contribution in [0, 0.1) is 5.41 Å². The fourth-order valence-electron chi connectivity index (χ4n) is 2.58. The average molecular weight is 280 g/mol. The van der Waals surface area contributed by atoms with E-state index in [1.165, 1.54) is 4.90 Å². The molecule has 2 heterocycles. The minimum absolute atomic E-state index is 0.109. The number of amides is 2. The lowest BCUT2D eigenvalue weighted by Gasteiger charge is -2.29. The summed E-state index contributed by atoms with van der Waals surface area (Å²) in [4.78, 5) is 27.9. The monoisotopic (exact) mass is 280 g/mol. The van der Waals surface area contributed by atoms with Gasteiger partial charge >= 0.3 is 6.09 Å². The molecule has 2 aliphatic heterocycles. The van der Waals surface area contributed by atoms with Gasteiger partial charge < -0.3 is 9.64 Å². The van der Waals surface area contributed by atoms with Crippen molar-refractivity contribution in [1.29, 1.82) is 0 Å². The van der Waals surface area contributed by atoms with E-state index in [9.17, 15) is 9.59 Å². The predicted octanol–water partition coefficient (Wildman–Crippen LogP) is 2.38. The standard InChI is InChI=1S/C15H24N2O3/c1-14(2,3)20-13(19)17-10-7-15(4,11-17)12(18)16-8-5-6-9-16/h7,10H,5-6,8-9,11H2,1-4H3/t15-/m1/s1. The maximum atomic E-state index is 12.5. The van der Waals surface area contributed by atoms with Crippen LogP contribution in [0.4, 0.5) is 4.79 Å². The van der Waals surface area contributed by atoms with E-state index in [1.54, 1.807) is 6.20 Å². The Morgan fingerprint density at radius 3 is 2.35 bits per heavy atom. The van der Waals surface area contributed by atoms with Crippen LogP contribution in [0.25, 0.3) is 0 Å². The molecular formula is C15H24N2O3. The Morgan fingerprint density at radius 2 is 1.80 bits per heavy atom. The third-order valence-corrected chi connectivity index (χ3v) is 3.63. The van der Waals surface area contributed by atoms with E-state index < -0.39 is 17.1 Å². The number of carbonyl (C=O) groups is 2. The van der Waals surface area contributed by atoms with Crippen molar-refractivity contribution in [1.82, 2.24) is 9.80 Å². The van der Waals surface area contributed by atoms with Gasteiger partial charge in [0.05, 0.1) is 5.41 Å². The third-order valence-electron chi connectivity index (χ3n) is 3.63. The lowest BCUT2D eigenvalue weighted by atomic mass is 9.90. The molecule has 0 aromatic heterocycles. The minimum Gasteiger partial charge on any atom is -0.443 e. The molecule has 20 heavy (non-hydrogen) atoms. The summed E-state index contributed by atoms with van der Waals surface area (Å²) >= 11 is 0. The van der Waals surface area contributed by atoms with Gasteiger partial charge in [0.25, 0.3) is 0 Å². The van der Waals surface area contributed by atoms with E-state index in [0.717, 1.165) is 25.9 Å². The first-order valence-corrected chi connectivity index (χ1v) is 7.20. The van der Waals surface area contributed by atoms with Gasteiger partial charge in [-0.3, -0.25) is 9.69 Å². The lowest BCUT2D eigenvalue weighted by Crippen LogP contribution is -2.44. The van der Waals surface area contributed by atoms with Crippen molar-refractivity contribution in [2.45, 2.75) is 46.1 Å². The van der Waals surface area contributed by atoms with E-state index >= 15 is 0 Å². The molecule has 0 N–H and O–H groups in total. The highest BCUT2D eigenvalue weighted by molar-refractivity contribution is 5.86. The first-order valence-electron chi connectivity index (χ1n) is 7.20. The molecule has 0 aromatic carbocycles. The predicted molar refractivity (Wildman–Crippen MR) is 76.0 cm³/mol. The number of rotatable bonds is 1. The molecule has 2 aliphatic rings. The zero-order valence-electron chi connectivity index (χ0n) is 12.8. The Hall–Kier alpha value is -1.52. The maximum Gasteiger partial charge on any atom is 0.414 e. The van der Waals surface area contributed by atoms with E-state index in [1.807, 2.05) is 38.7 Å². The molecule has 0 aliphatic carbocycles. The van der Waals surface area contributed by atoms with Crippen LogP contribution in [-0.4, -0.2) is 47.0 Å². The Balaban J connectivity index is 1.99. The van der Waals surface area contributed by atoms with Gasteiger partial charge in [-0.15, -0.1) is 0 Å².